The lowest BCUT2D eigenvalue weighted by atomic mass is 10.1. The van der Waals surface area contributed by atoms with Crippen molar-refractivity contribution >= 4 is 17.7 Å². The Bertz CT molecular complexity index is 540. The number of amides is 2. The minimum Gasteiger partial charge on any atom is -0.447 e. The molecule has 2 heterocycles. The van der Waals surface area contributed by atoms with E-state index in [-0.39, 0.29) is 17.9 Å². The Kier molecular flexibility index (Phi) is 4.06. The maximum absolute atomic E-state index is 11.9. The molecule has 0 radical (unpaired) electrons. The highest BCUT2D eigenvalue weighted by Crippen LogP contribution is 2.20. The lowest BCUT2D eigenvalue weighted by molar-refractivity contribution is -0.125. The summed E-state index contributed by atoms with van der Waals surface area (Å²) in [7, 11) is 0. The zero-order valence-electron chi connectivity index (χ0n) is 11.7. The minimum absolute atomic E-state index is 0.0264. The number of hydrogen-bond donors (Lipinski definition) is 1. The van der Waals surface area contributed by atoms with Crippen LogP contribution in [0.5, 0.6) is 0 Å². The molecule has 0 aliphatic carbocycles. The SMILES string of the molecule is O=C(NCc1cccc(N2CCOC2=O)c1)C1CCOC1. The molecule has 0 saturated carbocycles. The Morgan fingerprint density at radius 3 is 3.00 bits per heavy atom. The largest absolute Gasteiger partial charge is 0.447 e. The summed E-state index contributed by atoms with van der Waals surface area (Å²) in [6.45, 7) is 2.59. The van der Waals surface area contributed by atoms with Crippen LogP contribution in [0, 0.1) is 5.92 Å². The average molecular weight is 290 g/mol. The summed E-state index contributed by atoms with van der Waals surface area (Å²) in [5, 5.41) is 2.92. The molecule has 6 nitrogen and oxygen atoms in total. The van der Waals surface area contributed by atoms with Gasteiger partial charge >= 0.3 is 6.09 Å². The first-order chi connectivity index (χ1) is 10.2. The van der Waals surface area contributed by atoms with Crippen molar-refractivity contribution in [3.05, 3.63) is 29.8 Å². The van der Waals surface area contributed by atoms with Gasteiger partial charge in [0.25, 0.3) is 0 Å². The number of ether oxygens (including phenoxy) is 2. The Morgan fingerprint density at radius 2 is 2.29 bits per heavy atom. The van der Waals surface area contributed by atoms with E-state index in [1.54, 1.807) is 4.90 Å². The minimum atomic E-state index is -0.320. The highest BCUT2D eigenvalue weighted by atomic mass is 16.6. The van der Waals surface area contributed by atoms with Crippen molar-refractivity contribution in [2.24, 2.45) is 5.92 Å². The molecule has 2 fully saturated rings. The maximum atomic E-state index is 11.9. The van der Waals surface area contributed by atoms with Crippen molar-refractivity contribution in [3.63, 3.8) is 0 Å². The van der Waals surface area contributed by atoms with Gasteiger partial charge in [0, 0.05) is 18.8 Å². The van der Waals surface area contributed by atoms with E-state index in [1.807, 2.05) is 24.3 Å². The maximum Gasteiger partial charge on any atom is 0.414 e. The lowest BCUT2D eigenvalue weighted by Gasteiger charge is -2.14. The number of nitrogens with one attached hydrogen (secondary N) is 1. The van der Waals surface area contributed by atoms with Crippen LogP contribution in [0.4, 0.5) is 10.5 Å². The summed E-state index contributed by atoms with van der Waals surface area (Å²) in [5.41, 5.74) is 1.76. The molecule has 1 aromatic carbocycles. The van der Waals surface area contributed by atoms with Crippen LogP contribution in [0.1, 0.15) is 12.0 Å². The standard InChI is InChI=1S/C15H18N2O4/c18-14(12-4-6-20-10-12)16-9-11-2-1-3-13(8-11)17-5-7-21-15(17)19/h1-3,8,12H,4-7,9-10H2,(H,16,18). The highest BCUT2D eigenvalue weighted by Gasteiger charge is 2.24. The van der Waals surface area contributed by atoms with Gasteiger partial charge in [-0.3, -0.25) is 9.69 Å². The lowest BCUT2D eigenvalue weighted by Crippen LogP contribution is -2.30. The Morgan fingerprint density at radius 1 is 1.38 bits per heavy atom. The molecule has 6 heteroatoms. The van der Waals surface area contributed by atoms with Crippen LogP contribution in [0.3, 0.4) is 0 Å². The molecular formula is C15H18N2O4. The molecule has 1 aromatic rings. The van der Waals surface area contributed by atoms with Crippen LogP contribution in [-0.2, 0) is 20.8 Å². The zero-order valence-corrected chi connectivity index (χ0v) is 11.7. The van der Waals surface area contributed by atoms with Gasteiger partial charge in [-0.25, -0.2) is 4.79 Å². The first-order valence-electron chi connectivity index (χ1n) is 7.13. The first-order valence-corrected chi connectivity index (χ1v) is 7.13. The third kappa shape index (κ3) is 3.16. The molecule has 0 bridgehead atoms. The predicted molar refractivity (Wildman–Crippen MR) is 75.9 cm³/mol. The second kappa shape index (κ2) is 6.13. The second-order valence-electron chi connectivity index (χ2n) is 5.21. The highest BCUT2D eigenvalue weighted by molar-refractivity contribution is 5.89. The van der Waals surface area contributed by atoms with Crippen molar-refractivity contribution in [2.75, 3.05) is 31.3 Å². The molecule has 2 saturated heterocycles. The Balaban J connectivity index is 1.60. The molecule has 1 N–H and O–H groups in total. The van der Waals surface area contributed by atoms with Crippen LogP contribution in [0.15, 0.2) is 24.3 Å². The van der Waals surface area contributed by atoms with Crippen molar-refractivity contribution in [1.82, 2.24) is 5.32 Å². The first kappa shape index (κ1) is 13.9. The summed E-state index contributed by atoms with van der Waals surface area (Å²) in [5.74, 6) is -0.0137. The number of anilines is 1. The van der Waals surface area contributed by atoms with Gasteiger partial charge in [-0.15, -0.1) is 0 Å². The van der Waals surface area contributed by atoms with Gasteiger partial charge < -0.3 is 14.8 Å². The normalized spacial score (nSPS) is 21.4. The van der Waals surface area contributed by atoms with E-state index in [1.165, 1.54) is 0 Å². The molecule has 2 aliphatic rings. The van der Waals surface area contributed by atoms with E-state index in [4.69, 9.17) is 9.47 Å². The van der Waals surface area contributed by atoms with Gasteiger partial charge in [-0.05, 0) is 24.1 Å². The van der Waals surface area contributed by atoms with Gasteiger partial charge in [0.1, 0.15) is 6.61 Å². The Labute approximate surface area is 123 Å². The molecule has 0 aromatic heterocycles. The van der Waals surface area contributed by atoms with Crippen molar-refractivity contribution < 1.29 is 19.1 Å². The van der Waals surface area contributed by atoms with Gasteiger partial charge in [0.05, 0.1) is 19.1 Å². The molecule has 2 aliphatic heterocycles. The topological polar surface area (TPSA) is 67.9 Å². The number of carbonyl (C=O) groups excluding carboxylic acids is 2. The van der Waals surface area contributed by atoms with Crippen LogP contribution in [-0.4, -0.2) is 38.4 Å². The van der Waals surface area contributed by atoms with Crippen molar-refractivity contribution in [2.45, 2.75) is 13.0 Å². The third-order valence-electron chi connectivity index (χ3n) is 3.75. The molecule has 2 amide bonds. The molecule has 3 rings (SSSR count). The summed E-state index contributed by atoms with van der Waals surface area (Å²) in [4.78, 5) is 25.1. The quantitative estimate of drug-likeness (QED) is 0.907. The van der Waals surface area contributed by atoms with E-state index in [0.29, 0.717) is 32.9 Å². The van der Waals surface area contributed by atoms with Crippen LogP contribution < -0.4 is 10.2 Å². The van der Waals surface area contributed by atoms with E-state index in [9.17, 15) is 9.59 Å². The predicted octanol–water partition coefficient (Wildman–Crippen LogP) is 1.30. The fourth-order valence-electron chi connectivity index (χ4n) is 2.54. The number of carbonyl (C=O) groups is 2. The van der Waals surface area contributed by atoms with Gasteiger partial charge in [0.2, 0.25) is 5.91 Å². The van der Waals surface area contributed by atoms with Crippen molar-refractivity contribution in [1.29, 1.82) is 0 Å². The van der Waals surface area contributed by atoms with Gasteiger partial charge in [0.15, 0.2) is 0 Å². The third-order valence-corrected chi connectivity index (χ3v) is 3.75. The van der Waals surface area contributed by atoms with E-state index < -0.39 is 0 Å². The molecular weight excluding hydrogens is 272 g/mol. The zero-order chi connectivity index (χ0) is 14.7. The Hall–Kier alpha value is -2.08. The summed E-state index contributed by atoms with van der Waals surface area (Å²) in [6, 6.07) is 7.57. The van der Waals surface area contributed by atoms with Gasteiger partial charge in [-0.1, -0.05) is 12.1 Å². The van der Waals surface area contributed by atoms with Crippen LogP contribution >= 0.6 is 0 Å². The summed E-state index contributed by atoms with van der Waals surface area (Å²) < 4.78 is 10.1. The number of benzene rings is 1. The molecule has 112 valence electrons. The number of cyclic esters (lactones) is 1. The average Bonchev–Trinajstić information content (AvgIpc) is 3.16. The van der Waals surface area contributed by atoms with E-state index >= 15 is 0 Å². The second-order valence-corrected chi connectivity index (χ2v) is 5.21. The number of nitrogens with zero attached hydrogens (tertiary/aromatic N) is 1. The number of rotatable bonds is 4. The fraction of sp³-hybridized carbons (Fsp3) is 0.467. The molecule has 0 spiro atoms. The molecule has 1 unspecified atom stereocenters. The van der Waals surface area contributed by atoms with E-state index in [2.05, 4.69) is 5.32 Å². The monoisotopic (exact) mass is 290 g/mol. The molecule has 1 atom stereocenters. The summed E-state index contributed by atoms with van der Waals surface area (Å²) >= 11 is 0. The van der Waals surface area contributed by atoms with Gasteiger partial charge in [-0.2, -0.15) is 0 Å². The smallest absolute Gasteiger partial charge is 0.414 e. The molecule has 21 heavy (non-hydrogen) atoms. The van der Waals surface area contributed by atoms with E-state index in [0.717, 1.165) is 17.7 Å². The van der Waals surface area contributed by atoms with Crippen LogP contribution in [0.25, 0.3) is 0 Å². The van der Waals surface area contributed by atoms with Crippen LogP contribution in [0.2, 0.25) is 0 Å². The summed E-state index contributed by atoms with van der Waals surface area (Å²) in [6.07, 6.45) is 0.463. The number of hydrogen-bond acceptors (Lipinski definition) is 4. The van der Waals surface area contributed by atoms with Crippen molar-refractivity contribution in [3.8, 4) is 0 Å². The fourth-order valence-corrected chi connectivity index (χ4v) is 2.54.